The van der Waals surface area contributed by atoms with Crippen LogP contribution in [0.1, 0.15) is 25.0 Å². The van der Waals surface area contributed by atoms with Gasteiger partial charge in [0.05, 0.1) is 6.61 Å². The molecule has 90 valence electrons. The van der Waals surface area contributed by atoms with Crippen molar-refractivity contribution in [3.8, 4) is 0 Å². The van der Waals surface area contributed by atoms with Gasteiger partial charge in [0.1, 0.15) is 0 Å². The average molecular weight is 242 g/mol. The van der Waals surface area contributed by atoms with Crippen LogP contribution in [0.2, 0.25) is 5.02 Å². The van der Waals surface area contributed by atoms with E-state index in [0.717, 1.165) is 22.7 Å². The molecule has 0 aliphatic carbocycles. The van der Waals surface area contributed by atoms with Crippen molar-refractivity contribution in [3.05, 3.63) is 34.3 Å². The molecule has 0 aliphatic heterocycles. The number of aliphatic hydroxyl groups is 1. The van der Waals surface area contributed by atoms with Crippen LogP contribution in [0.5, 0.6) is 0 Å². The molecule has 16 heavy (non-hydrogen) atoms. The smallest absolute Gasteiger partial charge is 0.0522 e. The highest BCUT2D eigenvalue weighted by atomic mass is 35.5. The summed E-state index contributed by atoms with van der Waals surface area (Å²) >= 11 is 6.23. The summed E-state index contributed by atoms with van der Waals surface area (Å²) in [5, 5.41) is 10.1. The van der Waals surface area contributed by atoms with Crippen molar-refractivity contribution in [1.82, 2.24) is 4.90 Å². The molecule has 0 aliphatic rings. The van der Waals surface area contributed by atoms with Gasteiger partial charge in [-0.1, -0.05) is 37.6 Å². The van der Waals surface area contributed by atoms with Crippen LogP contribution in [0.3, 0.4) is 0 Å². The third-order valence-electron chi connectivity index (χ3n) is 2.72. The summed E-state index contributed by atoms with van der Waals surface area (Å²) in [6.07, 6.45) is 0. The third kappa shape index (κ3) is 3.21. The topological polar surface area (TPSA) is 23.5 Å². The van der Waals surface area contributed by atoms with Crippen LogP contribution in [0.4, 0.5) is 0 Å². The second kappa shape index (κ2) is 5.17. The Morgan fingerprint density at radius 2 is 1.94 bits per heavy atom. The lowest BCUT2D eigenvalue weighted by molar-refractivity contribution is 0.218. The number of hydrogen-bond donors (Lipinski definition) is 1. The van der Waals surface area contributed by atoms with Gasteiger partial charge >= 0.3 is 0 Å². The summed E-state index contributed by atoms with van der Waals surface area (Å²) < 4.78 is 0. The summed E-state index contributed by atoms with van der Waals surface area (Å²) in [5.41, 5.74) is 1.95. The molecular formula is C13H20ClNO. The van der Waals surface area contributed by atoms with Crippen molar-refractivity contribution in [2.45, 2.75) is 25.8 Å². The number of nitrogens with zero attached hydrogens (tertiary/aromatic N) is 1. The lowest BCUT2D eigenvalue weighted by Gasteiger charge is -2.23. The van der Waals surface area contributed by atoms with Gasteiger partial charge < -0.3 is 10.0 Å². The highest BCUT2D eigenvalue weighted by molar-refractivity contribution is 6.31. The van der Waals surface area contributed by atoms with Crippen molar-refractivity contribution in [3.63, 3.8) is 0 Å². The maximum absolute atomic E-state index is 9.30. The third-order valence-corrected chi connectivity index (χ3v) is 3.07. The summed E-state index contributed by atoms with van der Waals surface area (Å²) in [4.78, 5) is 2.08. The van der Waals surface area contributed by atoms with Crippen molar-refractivity contribution in [1.29, 1.82) is 0 Å². The first-order chi connectivity index (χ1) is 7.36. The average Bonchev–Trinajstić information content (AvgIpc) is 2.20. The molecular weight excluding hydrogens is 222 g/mol. The van der Waals surface area contributed by atoms with E-state index in [2.05, 4.69) is 4.90 Å². The summed E-state index contributed by atoms with van der Waals surface area (Å²) in [6.45, 7) is 4.96. The zero-order valence-electron chi connectivity index (χ0n) is 10.4. The van der Waals surface area contributed by atoms with Crippen LogP contribution in [0, 0.1) is 0 Å². The minimum absolute atomic E-state index is 0.121. The summed E-state index contributed by atoms with van der Waals surface area (Å²) in [5.74, 6) is 0. The molecule has 0 amide bonds. The lowest BCUT2D eigenvalue weighted by Crippen LogP contribution is -2.22. The van der Waals surface area contributed by atoms with Crippen LogP contribution < -0.4 is 0 Å². The molecule has 0 radical (unpaired) electrons. The van der Waals surface area contributed by atoms with Crippen LogP contribution in [0.25, 0.3) is 0 Å². The van der Waals surface area contributed by atoms with Crippen LogP contribution in [0.15, 0.2) is 18.2 Å². The van der Waals surface area contributed by atoms with E-state index in [9.17, 15) is 5.11 Å². The molecule has 1 aromatic rings. The molecule has 1 rings (SSSR count). The standard InChI is InChI=1S/C13H20ClNO/c1-13(2,9-16)11-6-5-10(8-15(3)4)12(14)7-11/h5-7,16H,8-9H2,1-4H3. The van der Waals surface area contributed by atoms with Gasteiger partial charge in [-0.15, -0.1) is 0 Å². The second-order valence-corrected chi connectivity index (χ2v) is 5.49. The number of rotatable bonds is 4. The fourth-order valence-electron chi connectivity index (χ4n) is 1.53. The Hall–Kier alpha value is -0.570. The molecule has 2 nitrogen and oxygen atoms in total. The van der Waals surface area contributed by atoms with Crippen LogP contribution >= 0.6 is 11.6 Å². The van der Waals surface area contributed by atoms with Crippen molar-refractivity contribution in [2.24, 2.45) is 0 Å². The Labute approximate surface area is 103 Å². The maximum atomic E-state index is 9.30. The van der Waals surface area contributed by atoms with Gasteiger partial charge in [-0.25, -0.2) is 0 Å². The van der Waals surface area contributed by atoms with Gasteiger partial charge in [-0.2, -0.15) is 0 Å². The van der Waals surface area contributed by atoms with Gasteiger partial charge in [-0.3, -0.25) is 0 Å². The van der Waals surface area contributed by atoms with E-state index < -0.39 is 0 Å². The molecule has 0 saturated heterocycles. The zero-order valence-corrected chi connectivity index (χ0v) is 11.2. The maximum Gasteiger partial charge on any atom is 0.0522 e. The molecule has 0 unspecified atom stereocenters. The summed E-state index contributed by atoms with van der Waals surface area (Å²) in [6, 6.07) is 6.03. The minimum Gasteiger partial charge on any atom is -0.395 e. The molecule has 3 heteroatoms. The van der Waals surface area contributed by atoms with Gasteiger partial charge in [0, 0.05) is 17.0 Å². The molecule has 0 aromatic heterocycles. The molecule has 0 bridgehead atoms. The Morgan fingerprint density at radius 1 is 1.31 bits per heavy atom. The van der Waals surface area contributed by atoms with E-state index in [1.165, 1.54) is 0 Å². The molecule has 0 saturated carbocycles. The van der Waals surface area contributed by atoms with E-state index >= 15 is 0 Å². The van der Waals surface area contributed by atoms with Crippen LogP contribution in [-0.2, 0) is 12.0 Å². The minimum atomic E-state index is -0.236. The zero-order chi connectivity index (χ0) is 12.3. The van der Waals surface area contributed by atoms with E-state index in [1.54, 1.807) is 0 Å². The van der Waals surface area contributed by atoms with Gasteiger partial charge in [0.25, 0.3) is 0 Å². The molecule has 0 fully saturated rings. The molecule has 0 heterocycles. The van der Waals surface area contributed by atoms with E-state index in [4.69, 9.17) is 11.6 Å². The monoisotopic (exact) mass is 241 g/mol. The van der Waals surface area contributed by atoms with E-state index in [-0.39, 0.29) is 12.0 Å². The Bertz CT molecular complexity index is 361. The first kappa shape index (κ1) is 13.5. The van der Waals surface area contributed by atoms with Crippen LogP contribution in [-0.4, -0.2) is 30.7 Å². The highest BCUT2D eigenvalue weighted by Gasteiger charge is 2.20. The highest BCUT2D eigenvalue weighted by Crippen LogP contribution is 2.27. The van der Waals surface area contributed by atoms with Gasteiger partial charge in [0.2, 0.25) is 0 Å². The number of halogens is 1. The molecule has 0 atom stereocenters. The normalized spacial score (nSPS) is 12.2. The Kier molecular flexibility index (Phi) is 4.36. The van der Waals surface area contributed by atoms with Crippen molar-refractivity contribution >= 4 is 11.6 Å². The fourth-order valence-corrected chi connectivity index (χ4v) is 1.77. The molecule has 1 N–H and O–H groups in total. The number of hydrogen-bond acceptors (Lipinski definition) is 2. The first-order valence-electron chi connectivity index (χ1n) is 5.41. The predicted molar refractivity (Wildman–Crippen MR) is 69.0 cm³/mol. The predicted octanol–water partition coefficient (Wildman–Crippen LogP) is 2.67. The largest absolute Gasteiger partial charge is 0.395 e. The van der Waals surface area contributed by atoms with E-state index in [0.29, 0.717) is 0 Å². The van der Waals surface area contributed by atoms with E-state index in [1.807, 2.05) is 46.1 Å². The number of aliphatic hydroxyl groups excluding tert-OH is 1. The van der Waals surface area contributed by atoms with Gasteiger partial charge in [-0.05, 0) is 31.3 Å². The second-order valence-electron chi connectivity index (χ2n) is 5.09. The Morgan fingerprint density at radius 3 is 2.38 bits per heavy atom. The number of benzene rings is 1. The fraction of sp³-hybridized carbons (Fsp3) is 0.538. The lowest BCUT2D eigenvalue weighted by atomic mass is 9.85. The molecule has 1 aromatic carbocycles. The Balaban J connectivity index is 2.99. The quantitative estimate of drug-likeness (QED) is 0.876. The molecule has 0 spiro atoms. The van der Waals surface area contributed by atoms with Crippen molar-refractivity contribution < 1.29 is 5.11 Å². The SMILES string of the molecule is CN(C)Cc1ccc(C(C)(C)CO)cc1Cl. The van der Waals surface area contributed by atoms with Gasteiger partial charge in [0.15, 0.2) is 0 Å². The first-order valence-corrected chi connectivity index (χ1v) is 5.79. The summed E-state index contributed by atoms with van der Waals surface area (Å²) in [7, 11) is 4.03. The van der Waals surface area contributed by atoms with Crippen molar-refractivity contribution in [2.75, 3.05) is 20.7 Å².